The number of pyridine rings is 1. The van der Waals surface area contributed by atoms with Crippen molar-refractivity contribution in [2.45, 2.75) is 13.5 Å². The summed E-state index contributed by atoms with van der Waals surface area (Å²) in [5.41, 5.74) is 2.22. The lowest BCUT2D eigenvalue weighted by Gasteiger charge is -2.08. The molecule has 0 saturated heterocycles. The molecule has 2 heterocycles. The number of aryl methyl sites for hydroxylation is 2. The average Bonchev–Trinajstić information content (AvgIpc) is 2.54. The van der Waals surface area contributed by atoms with Gasteiger partial charge in [0.15, 0.2) is 12.4 Å². The van der Waals surface area contributed by atoms with Gasteiger partial charge in [0.2, 0.25) is 0 Å². The molecule has 0 spiro atoms. The number of fused-ring (bicyclic) bond motifs is 1. The first-order valence-electron chi connectivity index (χ1n) is 7.44. The van der Waals surface area contributed by atoms with Crippen molar-refractivity contribution in [1.29, 1.82) is 0 Å². The highest BCUT2D eigenvalue weighted by Gasteiger charge is 2.08. The van der Waals surface area contributed by atoms with E-state index in [0.717, 1.165) is 16.5 Å². The Labute approximate surface area is 161 Å². The Balaban J connectivity index is 0.00000225. The summed E-state index contributed by atoms with van der Waals surface area (Å²) in [5, 5.41) is 3.45. The molecule has 0 unspecified atom stereocenters. The van der Waals surface area contributed by atoms with E-state index < -0.39 is 11.7 Å². The van der Waals surface area contributed by atoms with Crippen LogP contribution in [0.1, 0.15) is 11.1 Å². The summed E-state index contributed by atoms with van der Waals surface area (Å²) < 4.78 is 12.2. The van der Waals surface area contributed by atoms with Crippen LogP contribution in [0.3, 0.4) is 0 Å². The number of ether oxygens (including phenoxy) is 1. The van der Waals surface area contributed by atoms with Crippen molar-refractivity contribution < 1.29 is 42.5 Å². The van der Waals surface area contributed by atoms with Crippen molar-refractivity contribution in [3.05, 3.63) is 70.3 Å². The molecule has 0 aliphatic rings. The van der Waals surface area contributed by atoms with E-state index in [-0.39, 0.29) is 30.6 Å². The minimum Gasteiger partial charge on any atom is -1.00 e. The molecule has 7 heteroatoms. The van der Waals surface area contributed by atoms with Crippen molar-refractivity contribution in [1.82, 2.24) is 0 Å². The standard InChI is InChI=1S/C18H16N2O4.HI/c1-12-9-17(21)24-16-10-14(3-4-15(12)16)19-18(22)23-11-13-5-7-20(2)8-6-13;/h3-10H,11H2,1-2H3;1H. The normalized spacial score (nSPS) is 10.2. The molecule has 2 aromatic heterocycles. The minimum atomic E-state index is -0.572. The fourth-order valence-corrected chi connectivity index (χ4v) is 2.33. The van der Waals surface area contributed by atoms with Crippen LogP contribution in [-0.2, 0) is 18.4 Å². The highest BCUT2D eigenvalue weighted by atomic mass is 127. The second kappa shape index (κ2) is 8.11. The summed E-state index contributed by atoms with van der Waals surface area (Å²) in [7, 11) is 1.91. The first-order valence-corrected chi connectivity index (χ1v) is 7.44. The first-order chi connectivity index (χ1) is 11.5. The molecule has 0 radical (unpaired) electrons. The Hall–Kier alpha value is -2.42. The van der Waals surface area contributed by atoms with E-state index in [0.29, 0.717) is 11.3 Å². The number of amides is 1. The zero-order valence-electron chi connectivity index (χ0n) is 13.8. The van der Waals surface area contributed by atoms with Crippen LogP contribution in [-0.4, -0.2) is 6.09 Å². The van der Waals surface area contributed by atoms with E-state index >= 15 is 0 Å². The van der Waals surface area contributed by atoms with Gasteiger partial charge in [-0.2, -0.15) is 0 Å². The molecule has 0 atom stereocenters. The molecule has 1 N–H and O–H groups in total. The van der Waals surface area contributed by atoms with Gasteiger partial charge in [-0.1, -0.05) is 0 Å². The Morgan fingerprint density at radius 1 is 1.20 bits per heavy atom. The van der Waals surface area contributed by atoms with E-state index in [2.05, 4.69) is 5.32 Å². The second-order valence-electron chi connectivity index (χ2n) is 5.53. The van der Waals surface area contributed by atoms with Gasteiger partial charge in [-0.3, -0.25) is 5.32 Å². The number of hydrogen-bond donors (Lipinski definition) is 1. The number of carbonyl (C=O) groups is 1. The van der Waals surface area contributed by atoms with Crippen LogP contribution in [0.15, 0.2) is 58.0 Å². The number of rotatable bonds is 3. The summed E-state index contributed by atoms with van der Waals surface area (Å²) in [6.07, 6.45) is 3.19. The molecule has 1 aromatic carbocycles. The molecule has 0 aliphatic heterocycles. The Kier molecular flexibility index (Phi) is 6.13. The Morgan fingerprint density at radius 2 is 1.92 bits per heavy atom. The number of anilines is 1. The van der Waals surface area contributed by atoms with Crippen molar-refractivity contribution in [2.24, 2.45) is 7.05 Å². The second-order valence-corrected chi connectivity index (χ2v) is 5.53. The molecular formula is C18H17IN2O4. The number of nitrogens with one attached hydrogen (secondary N) is 1. The van der Waals surface area contributed by atoms with Gasteiger partial charge in [0, 0.05) is 40.9 Å². The molecule has 1 amide bonds. The van der Waals surface area contributed by atoms with E-state index in [9.17, 15) is 9.59 Å². The maximum absolute atomic E-state index is 11.9. The summed E-state index contributed by atoms with van der Waals surface area (Å²) in [5.74, 6) is 0. The van der Waals surface area contributed by atoms with E-state index in [1.807, 2.05) is 43.1 Å². The smallest absolute Gasteiger partial charge is 0.411 e. The number of halogens is 1. The van der Waals surface area contributed by atoms with Gasteiger partial charge in [-0.15, -0.1) is 0 Å². The molecular weight excluding hydrogens is 435 g/mol. The van der Waals surface area contributed by atoms with Gasteiger partial charge >= 0.3 is 11.7 Å². The lowest BCUT2D eigenvalue weighted by Crippen LogP contribution is -3.00. The summed E-state index contributed by atoms with van der Waals surface area (Å²) >= 11 is 0. The zero-order chi connectivity index (χ0) is 17.1. The van der Waals surface area contributed by atoms with Gasteiger partial charge in [-0.05, 0) is 24.6 Å². The quantitative estimate of drug-likeness (QED) is 0.336. The van der Waals surface area contributed by atoms with Gasteiger partial charge < -0.3 is 33.1 Å². The van der Waals surface area contributed by atoms with Crippen molar-refractivity contribution in [3.63, 3.8) is 0 Å². The number of nitrogens with zero attached hydrogens (tertiary/aromatic N) is 1. The molecule has 3 rings (SSSR count). The first kappa shape index (κ1) is 18.9. The van der Waals surface area contributed by atoms with Crippen LogP contribution < -0.4 is 39.5 Å². The van der Waals surface area contributed by atoms with Gasteiger partial charge in [0.1, 0.15) is 19.2 Å². The number of benzene rings is 1. The van der Waals surface area contributed by atoms with Gasteiger partial charge in [0.25, 0.3) is 0 Å². The predicted molar refractivity (Wildman–Crippen MR) is 88.6 cm³/mol. The highest BCUT2D eigenvalue weighted by molar-refractivity contribution is 5.89. The monoisotopic (exact) mass is 452 g/mol. The van der Waals surface area contributed by atoms with Crippen LogP contribution >= 0.6 is 0 Å². The topological polar surface area (TPSA) is 72.4 Å². The van der Waals surface area contributed by atoms with Crippen molar-refractivity contribution in [2.75, 3.05) is 5.32 Å². The molecule has 25 heavy (non-hydrogen) atoms. The van der Waals surface area contributed by atoms with Crippen molar-refractivity contribution in [3.8, 4) is 0 Å². The molecule has 0 fully saturated rings. The third-order valence-corrected chi connectivity index (χ3v) is 3.62. The summed E-state index contributed by atoms with van der Waals surface area (Å²) in [6, 6.07) is 10.3. The maximum atomic E-state index is 11.9. The SMILES string of the molecule is Cc1cc(=O)oc2cc(NC(=O)OCc3cc[n+](C)cc3)ccc12.[I-]. The lowest BCUT2D eigenvalue weighted by atomic mass is 10.1. The third-order valence-electron chi connectivity index (χ3n) is 3.62. The average molecular weight is 452 g/mol. The Morgan fingerprint density at radius 3 is 2.64 bits per heavy atom. The van der Waals surface area contributed by atoms with Crippen LogP contribution in [0.2, 0.25) is 0 Å². The molecule has 6 nitrogen and oxygen atoms in total. The molecule has 3 aromatic rings. The number of hydrogen-bond acceptors (Lipinski definition) is 4. The maximum Gasteiger partial charge on any atom is 0.411 e. The predicted octanol–water partition coefficient (Wildman–Crippen LogP) is -0.321. The fourth-order valence-electron chi connectivity index (χ4n) is 2.33. The molecule has 0 saturated carbocycles. The van der Waals surface area contributed by atoms with Gasteiger partial charge in [-0.25, -0.2) is 14.2 Å². The van der Waals surface area contributed by atoms with Crippen molar-refractivity contribution >= 4 is 22.7 Å². The number of carbonyl (C=O) groups excluding carboxylic acids is 1. The Bertz CT molecular complexity index is 951. The third kappa shape index (κ3) is 4.79. The van der Waals surface area contributed by atoms with Crippen LogP contribution in [0.25, 0.3) is 11.0 Å². The lowest BCUT2D eigenvalue weighted by molar-refractivity contribution is -0.671. The molecule has 130 valence electrons. The summed E-state index contributed by atoms with van der Waals surface area (Å²) in [6.45, 7) is 2.01. The van der Waals surface area contributed by atoms with E-state index in [1.54, 1.807) is 18.2 Å². The van der Waals surface area contributed by atoms with E-state index in [4.69, 9.17) is 9.15 Å². The number of aromatic nitrogens is 1. The van der Waals surface area contributed by atoms with Crippen LogP contribution in [0.5, 0.6) is 0 Å². The van der Waals surface area contributed by atoms with Crippen LogP contribution in [0.4, 0.5) is 10.5 Å². The zero-order valence-corrected chi connectivity index (χ0v) is 15.9. The minimum absolute atomic E-state index is 0. The van der Waals surface area contributed by atoms with Crippen LogP contribution in [0, 0.1) is 6.92 Å². The molecule has 0 bridgehead atoms. The molecule has 0 aliphatic carbocycles. The highest BCUT2D eigenvalue weighted by Crippen LogP contribution is 2.20. The largest absolute Gasteiger partial charge is 1.00 e. The van der Waals surface area contributed by atoms with E-state index in [1.165, 1.54) is 6.07 Å². The van der Waals surface area contributed by atoms with Gasteiger partial charge in [0.05, 0.1) is 0 Å². The fraction of sp³-hybridized carbons (Fsp3) is 0.167. The summed E-state index contributed by atoms with van der Waals surface area (Å²) in [4.78, 5) is 23.3.